The molecule has 8 nitrogen and oxygen atoms in total. The molecule has 0 aromatic heterocycles. The van der Waals surface area contributed by atoms with Crippen molar-refractivity contribution in [3.63, 3.8) is 0 Å². The summed E-state index contributed by atoms with van der Waals surface area (Å²) in [7, 11) is 1.33. The van der Waals surface area contributed by atoms with Gasteiger partial charge in [0.25, 0.3) is 0 Å². The Morgan fingerprint density at radius 1 is 1.22 bits per heavy atom. The van der Waals surface area contributed by atoms with Gasteiger partial charge in [-0.15, -0.1) is 0 Å². The molecule has 1 N–H and O–H groups in total. The van der Waals surface area contributed by atoms with Gasteiger partial charge in [-0.2, -0.15) is 5.06 Å². The number of hydroxylamine groups is 2. The number of carbonyl (C=O) groups is 2. The van der Waals surface area contributed by atoms with E-state index in [1.807, 2.05) is 37.3 Å². The van der Waals surface area contributed by atoms with Gasteiger partial charge in [-0.3, -0.25) is 4.84 Å². The van der Waals surface area contributed by atoms with Gasteiger partial charge in [0.05, 0.1) is 13.2 Å². The van der Waals surface area contributed by atoms with Crippen LogP contribution in [0.5, 0.6) is 11.5 Å². The summed E-state index contributed by atoms with van der Waals surface area (Å²) in [5.41, 5.74) is 2.43. The van der Waals surface area contributed by atoms with Gasteiger partial charge in [0.15, 0.2) is 0 Å². The molecule has 1 amide bonds. The number of rotatable bonds is 5. The molecule has 2 aromatic rings. The first-order valence-corrected chi connectivity index (χ1v) is 10.6. The monoisotopic (exact) mass is 441 g/mol. The Hall–Kier alpha value is -3.26. The first kappa shape index (κ1) is 22.0. The highest BCUT2D eigenvalue weighted by Crippen LogP contribution is 2.53. The normalized spacial score (nSPS) is 18.2. The first-order valence-electron chi connectivity index (χ1n) is 10.6. The van der Waals surface area contributed by atoms with Gasteiger partial charge in [-0.25, -0.2) is 9.59 Å². The second kappa shape index (κ2) is 8.70. The lowest BCUT2D eigenvalue weighted by Crippen LogP contribution is -2.50. The number of nitrogens with zero attached hydrogens (tertiary/aromatic N) is 1. The van der Waals surface area contributed by atoms with E-state index in [1.54, 1.807) is 13.0 Å². The van der Waals surface area contributed by atoms with Crippen LogP contribution in [0, 0.1) is 13.8 Å². The molecule has 1 spiro atoms. The van der Waals surface area contributed by atoms with E-state index in [2.05, 4.69) is 0 Å². The van der Waals surface area contributed by atoms with Crippen molar-refractivity contribution in [1.82, 2.24) is 5.06 Å². The molecule has 0 bridgehead atoms. The zero-order valence-corrected chi connectivity index (χ0v) is 18.4. The summed E-state index contributed by atoms with van der Waals surface area (Å²) in [4.78, 5) is 29.5. The highest BCUT2D eigenvalue weighted by atomic mass is 16.7. The minimum atomic E-state index is -1.19. The number of fused-ring (bicyclic) bond motifs is 1. The predicted octanol–water partition coefficient (Wildman–Crippen LogP) is 5.31. The Bertz CT molecular complexity index is 1020. The molecule has 1 aliphatic carbocycles. The van der Waals surface area contributed by atoms with Crippen molar-refractivity contribution in [2.24, 2.45) is 0 Å². The van der Waals surface area contributed by atoms with Crippen LogP contribution in [0.2, 0.25) is 0 Å². The summed E-state index contributed by atoms with van der Waals surface area (Å²) in [6.45, 7) is 3.70. The quantitative estimate of drug-likeness (QED) is 0.382. The van der Waals surface area contributed by atoms with E-state index >= 15 is 0 Å². The summed E-state index contributed by atoms with van der Waals surface area (Å²) >= 11 is 0. The molecule has 0 radical (unpaired) electrons. The fraction of sp³-hybridized carbons (Fsp3) is 0.417. The third-order valence-corrected chi connectivity index (χ3v) is 6.26. The molecule has 1 unspecified atom stereocenters. The SMILES string of the molecule is CON(C(=O)O)C1CC2(CCC2)Oc2cc(C)c(OC(=O)OCc3ccccc3)c(C)c21. The van der Waals surface area contributed by atoms with E-state index < -0.39 is 18.3 Å². The Morgan fingerprint density at radius 2 is 1.94 bits per heavy atom. The lowest BCUT2D eigenvalue weighted by molar-refractivity contribution is -0.161. The van der Waals surface area contributed by atoms with Crippen molar-refractivity contribution >= 4 is 12.2 Å². The number of amides is 1. The fourth-order valence-corrected chi connectivity index (χ4v) is 4.57. The molecular formula is C24H27NO7. The predicted molar refractivity (Wildman–Crippen MR) is 115 cm³/mol. The van der Waals surface area contributed by atoms with Crippen molar-refractivity contribution < 1.29 is 33.7 Å². The van der Waals surface area contributed by atoms with Crippen LogP contribution in [0.25, 0.3) is 0 Å². The van der Waals surface area contributed by atoms with Gasteiger partial charge in [0.2, 0.25) is 0 Å². The maximum absolute atomic E-state index is 12.4. The minimum Gasteiger partial charge on any atom is -0.487 e. The van der Waals surface area contributed by atoms with E-state index in [4.69, 9.17) is 19.0 Å². The Morgan fingerprint density at radius 3 is 2.53 bits per heavy atom. The molecule has 1 aliphatic heterocycles. The molecular weight excluding hydrogens is 414 g/mol. The van der Waals surface area contributed by atoms with Crippen LogP contribution in [0.1, 0.15) is 54.0 Å². The van der Waals surface area contributed by atoms with E-state index in [-0.39, 0.29) is 12.2 Å². The van der Waals surface area contributed by atoms with Crippen LogP contribution in [-0.4, -0.2) is 35.1 Å². The van der Waals surface area contributed by atoms with Gasteiger partial charge >= 0.3 is 12.2 Å². The molecule has 1 saturated carbocycles. The van der Waals surface area contributed by atoms with Crippen molar-refractivity contribution in [2.75, 3.05) is 7.11 Å². The van der Waals surface area contributed by atoms with Gasteiger partial charge in [0, 0.05) is 17.5 Å². The third kappa shape index (κ3) is 4.10. The molecule has 8 heteroatoms. The highest BCUT2D eigenvalue weighted by Gasteiger charge is 2.49. The van der Waals surface area contributed by atoms with Crippen molar-refractivity contribution in [3.8, 4) is 11.5 Å². The minimum absolute atomic E-state index is 0.0907. The number of ether oxygens (including phenoxy) is 3. The summed E-state index contributed by atoms with van der Waals surface area (Å²) < 4.78 is 17.2. The van der Waals surface area contributed by atoms with Crippen LogP contribution in [0.3, 0.4) is 0 Å². The van der Waals surface area contributed by atoms with E-state index in [9.17, 15) is 14.7 Å². The average Bonchev–Trinajstić information content (AvgIpc) is 2.74. The molecule has 1 fully saturated rings. The number of aryl methyl sites for hydroxylation is 1. The lowest BCUT2D eigenvalue weighted by atomic mass is 9.72. The number of hydrogen-bond acceptors (Lipinski definition) is 6. The highest BCUT2D eigenvalue weighted by molar-refractivity contribution is 5.69. The summed E-state index contributed by atoms with van der Waals surface area (Å²) in [6, 6.07) is 10.5. The topological polar surface area (TPSA) is 94.5 Å². The standard InChI is InChI=1S/C24H27NO7/c1-15-12-19-20(18(25(29-3)22(26)27)13-24(32-19)10-7-11-24)16(2)21(15)31-23(28)30-14-17-8-5-4-6-9-17/h4-6,8-9,12,18H,7,10-11,13-14H2,1-3H3,(H,26,27). The fourth-order valence-electron chi connectivity index (χ4n) is 4.57. The second-order valence-electron chi connectivity index (χ2n) is 8.34. The number of carboxylic acid groups (broad SMARTS) is 1. The van der Waals surface area contributed by atoms with Crippen molar-refractivity contribution in [3.05, 3.63) is 58.7 Å². The van der Waals surface area contributed by atoms with Crippen LogP contribution in [0.15, 0.2) is 36.4 Å². The van der Waals surface area contributed by atoms with Crippen LogP contribution < -0.4 is 9.47 Å². The number of benzene rings is 2. The van der Waals surface area contributed by atoms with Gasteiger partial charge in [-0.05, 0) is 50.3 Å². The summed E-state index contributed by atoms with van der Waals surface area (Å²) in [5, 5.41) is 10.7. The van der Waals surface area contributed by atoms with Crippen molar-refractivity contribution in [1.29, 1.82) is 0 Å². The van der Waals surface area contributed by atoms with Gasteiger partial charge < -0.3 is 19.3 Å². The maximum Gasteiger partial charge on any atom is 0.514 e. The Kier molecular flexibility index (Phi) is 5.97. The summed E-state index contributed by atoms with van der Waals surface area (Å²) in [5.74, 6) is 0.936. The second-order valence-corrected chi connectivity index (χ2v) is 8.34. The van der Waals surface area contributed by atoms with Crippen LogP contribution in [-0.2, 0) is 16.2 Å². The van der Waals surface area contributed by atoms with E-state index in [0.717, 1.165) is 29.9 Å². The van der Waals surface area contributed by atoms with E-state index in [0.29, 0.717) is 34.6 Å². The smallest absolute Gasteiger partial charge is 0.487 e. The molecule has 32 heavy (non-hydrogen) atoms. The zero-order chi connectivity index (χ0) is 22.9. The average molecular weight is 441 g/mol. The van der Waals surface area contributed by atoms with E-state index in [1.165, 1.54) is 7.11 Å². The Balaban J connectivity index is 1.63. The van der Waals surface area contributed by atoms with Crippen LogP contribution >= 0.6 is 0 Å². The molecule has 1 atom stereocenters. The molecule has 2 aromatic carbocycles. The number of carbonyl (C=O) groups excluding carboxylic acids is 1. The molecule has 2 aliphatic rings. The Labute approximate surface area is 186 Å². The van der Waals surface area contributed by atoms with Crippen LogP contribution in [0.4, 0.5) is 9.59 Å². The zero-order valence-electron chi connectivity index (χ0n) is 18.4. The molecule has 170 valence electrons. The maximum atomic E-state index is 12.4. The third-order valence-electron chi connectivity index (χ3n) is 6.26. The lowest BCUT2D eigenvalue weighted by Gasteiger charge is -2.49. The van der Waals surface area contributed by atoms with Crippen molar-refractivity contribution in [2.45, 2.75) is 57.8 Å². The largest absolute Gasteiger partial charge is 0.514 e. The van der Waals surface area contributed by atoms with Gasteiger partial charge in [0.1, 0.15) is 23.7 Å². The molecule has 0 saturated heterocycles. The molecule has 4 rings (SSSR count). The first-order chi connectivity index (χ1) is 15.3. The number of hydrogen-bond donors (Lipinski definition) is 1. The molecule has 1 heterocycles. The summed E-state index contributed by atoms with van der Waals surface area (Å²) in [6.07, 6.45) is 1.22. The van der Waals surface area contributed by atoms with Gasteiger partial charge in [-0.1, -0.05) is 30.3 Å².